The van der Waals surface area contributed by atoms with Crippen molar-refractivity contribution in [1.29, 1.82) is 0 Å². The molecule has 19 nitrogen and oxygen atoms in total. The number of ether oxygens (including phenoxy) is 2. The Balaban J connectivity index is 1.21. The van der Waals surface area contributed by atoms with Crippen molar-refractivity contribution in [3.05, 3.63) is 29.3 Å². The van der Waals surface area contributed by atoms with Gasteiger partial charge in [-0.15, -0.1) is 0 Å². The molecular weight excluding hydrogens is 688 g/mol. The molecule has 25 heteroatoms. The second kappa shape index (κ2) is 11.2. The standard InChI is InChI=1S/C20H22F2N10O9P2S2/c21-8-6-1-36-42(34,44)40-12-7(39-18(9(12)22)31-4-27-10-14(23)25-3-26-15(10)31)2-37-43(35,45)41-13(8)19(38-6)32-5-28-11-16(32)29-20(24)30-17(11)33/h3-9,12-13,18-19H,1-2H2,(H,34,44)(H,35,45)(H2,23,25,26)(H3,24,29,30,33)/t6-,7-,8-,9+,12-,13+,18-,19-,42?,43?/m1/s1. The Labute approximate surface area is 259 Å². The summed E-state index contributed by atoms with van der Waals surface area (Å²) in [5.74, 6) is -0.224. The highest BCUT2D eigenvalue weighted by atomic mass is 32.7. The topological polar surface area (TPSA) is 252 Å². The molecule has 3 aliphatic rings. The first-order chi connectivity index (χ1) is 21.3. The van der Waals surface area contributed by atoms with Crippen LogP contribution in [0.4, 0.5) is 20.5 Å². The van der Waals surface area contributed by atoms with Gasteiger partial charge in [0.2, 0.25) is 5.95 Å². The molecule has 4 aromatic rings. The zero-order chi connectivity index (χ0) is 31.8. The molecule has 0 aliphatic carbocycles. The normalized spacial score (nSPS) is 37.7. The van der Waals surface area contributed by atoms with Gasteiger partial charge in [0.1, 0.15) is 36.3 Å². The number of H-pyrrole nitrogens is 1. The number of fused-ring (bicyclic) bond motifs is 5. The molecule has 242 valence electrons. The van der Waals surface area contributed by atoms with Gasteiger partial charge in [-0.2, -0.15) is 4.98 Å². The van der Waals surface area contributed by atoms with Crippen LogP contribution >= 0.6 is 25.8 Å². The van der Waals surface area contributed by atoms with Gasteiger partial charge in [-0.1, -0.05) is 12.2 Å². The van der Waals surface area contributed by atoms with E-state index in [2.05, 4.69) is 42.2 Å². The average Bonchev–Trinajstić information content (AvgIpc) is 3.72. The molecule has 0 amide bonds. The van der Waals surface area contributed by atoms with Gasteiger partial charge in [-0.25, -0.2) is 33.3 Å². The Kier molecular flexibility index (Phi) is 7.72. The average molecular weight is 711 g/mol. The van der Waals surface area contributed by atoms with Crippen LogP contribution in [0.5, 0.6) is 0 Å². The Hall–Kier alpha value is -2.69. The molecule has 2 unspecified atom stereocenters. The highest BCUT2D eigenvalue weighted by molar-refractivity contribution is 8.44. The van der Waals surface area contributed by atoms with Gasteiger partial charge in [0, 0.05) is 0 Å². The molecule has 7 rings (SSSR count). The van der Waals surface area contributed by atoms with Crippen molar-refractivity contribution in [2.45, 2.75) is 49.2 Å². The molecular formula is C20H22F2N10O9P2S2. The quantitative estimate of drug-likeness (QED) is 0.142. The summed E-state index contributed by atoms with van der Waals surface area (Å²) in [6.45, 7) is -10.2. The lowest BCUT2D eigenvalue weighted by molar-refractivity contribution is -0.0578. The Bertz CT molecular complexity index is 1950. The fourth-order valence-electron chi connectivity index (χ4n) is 5.23. The number of nitrogens with two attached hydrogens (primary N) is 2. The maximum Gasteiger partial charge on any atom is 0.386 e. The summed E-state index contributed by atoms with van der Waals surface area (Å²) in [5, 5.41) is 0. The van der Waals surface area contributed by atoms with Crippen LogP contribution in [0.25, 0.3) is 22.3 Å². The van der Waals surface area contributed by atoms with Crippen molar-refractivity contribution in [3.63, 3.8) is 0 Å². The third kappa shape index (κ3) is 5.54. The Morgan fingerprint density at radius 1 is 0.956 bits per heavy atom. The first-order valence-corrected chi connectivity index (χ1v) is 18.2. The molecule has 45 heavy (non-hydrogen) atoms. The van der Waals surface area contributed by atoms with Crippen molar-refractivity contribution in [2.24, 2.45) is 0 Å². The molecule has 0 saturated carbocycles. The van der Waals surface area contributed by atoms with Crippen LogP contribution in [-0.2, 0) is 43.9 Å². The lowest BCUT2D eigenvalue weighted by Crippen LogP contribution is -2.34. The zero-order valence-electron chi connectivity index (χ0n) is 22.3. The van der Waals surface area contributed by atoms with Crippen molar-refractivity contribution < 1.29 is 45.8 Å². The summed E-state index contributed by atoms with van der Waals surface area (Å²) >= 11 is 9.11. The Morgan fingerprint density at radius 2 is 1.64 bits per heavy atom. The smallest absolute Gasteiger partial charge is 0.382 e. The zero-order valence-corrected chi connectivity index (χ0v) is 25.8. The molecule has 0 spiro atoms. The van der Waals surface area contributed by atoms with E-state index < -0.39 is 81.5 Å². The molecule has 3 aliphatic heterocycles. The predicted molar refractivity (Wildman–Crippen MR) is 155 cm³/mol. The van der Waals surface area contributed by atoms with E-state index >= 15 is 8.78 Å². The third-order valence-corrected chi connectivity index (χ3v) is 10.4. The SMILES string of the molecule is Nc1nc2c(ncn2[C@@H]2O[C@@H]3COP(O)(=S)O[C@H]4[C@H](F)[C@H](n5cnc6c(N)ncnc65)O[C@@H]4COP(=O)(S)O[C@H]2[C@@H]3F)c(=O)[nH]1. The summed E-state index contributed by atoms with van der Waals surface area (Å²) in [6, 6.07) is 0. The fourth-order valence-corrected chi connectivity index (χ4v) is 8.12. The van der Waals surface area contributed by atoms with Crippen molar-refractivity contribution in [1.82, 2.24) is 39.0 Å². The van der Waals surface area contributed by atoms with E-state index in [1.165, 1.54) is 10.9 Å². The minimum absolute atomic E-state index is 0.0396. The summed E-state index contributed by atoms with van der Waals surface area (Å²) < 4.78 is 81.1. The van der Waals surface area contributed by atoms with Crippen LogP contribution in [0.15, 0.2) is 23.8 Å². The van der Waals surface area contributed by atoms with Crippen LogP contribution < -0.4 is 17.0 Å². The van der Waals surface area contributed by atoms with E-state index in [0.717, 1.165) is 17.2 Å². The van der Waals surface area contributed by atoms with Gasteiger partial charge < -0.3 is 30.4 Å². The summed E-state index contributed by atoms with van der Waals surface area (Å²) in [6.07, 6.45) is -9.83. The summed E-state index contributed by atoms with van der Waals surface area (Å²) in [4.78, 5) is 45.5. The van der Waals surface area contributed by atoms with Crippen LogP contribution in [0.2, 0.25) is 0 Å². The molecule has 10 atom stereocenters. The Morgan fingerprint density at radius 3 is 2.42 bits per heavy atom. The number of hydrogen-bond donors (Lipinski definition) is 5. The van der Waals surface area contributed by atoms with Gasteiger partial charge in [0.25, 0.3) is 5.56 Å². The van der Waals surface area contributed by atoms with Gasteiger partial charge in [0.05, 0.1) is 25.9 Å². The molecule has 3 saturated heterocycles. The molecule has 2 bridgehead atoms. The van der Waals surface area contributed by atoms with E-state index in [1.807, 2.05) is 0 Å². The van der Waals surface area contributed by atoms with Gasteiger partial charge in [0.15, 0.2) is 47.4 Å². The number of imidazole rings is 2. The second-order valence-corrected chi connectivity index (χ2v) is 15.7. The van der Waals surface area contributed by atoms with E-state index in [9.17, 15) is 14.3 Å². The van der Waals surface area contributed by atoms with Crippen LogP contribution in [0.1, 0.15) is 12.5 Å². The molecule has 6 N–H and O–H groups in total. The lowest BCUT2D eigenvalue weighted by atomic mass is 10.1. The third-order valence-electron chi connectivity index (χ3n) is 7.23. The number of halogens is 2. The highest BCUT2D eigenvalue weighted by Crippen LogP contribution is 2.59. The molecule has 7 heterocycles. The van der Waals surface area contributed by atoms with Crippen molar-refractivity contribution >= 4 is 71.7 Å². The number of nitrogens with zero attached hydrogens (tertiary/aromatic N) is 7. The first-order valence-electron chi connectivity index (χ1n) is 12.9. The van der Waals surface area contributed by atoms with Gasteiger partial charge in [-0.3, -0.25) is 32.5 Å². The second-order valence-electron chi connectivity index (χ2n) is 10.0. The van der Waals surface area contributed by atoms with Gasteiger partial charge in [-0.05, 0) is 11.8 Å². The highest BCUT2D eigenvalue weighted by Gasteiger charge is 2.54. The number of aromatic nitrogens is 8. The minimum atomic E-state index is -4.49. The van der Waals surface area contributed by atoms with Crippen molar-refractivity contribution in [2.75, 3.05) is 24.7 Å². The first kappa shape index (κ1) is 30.9. The van der Waals surface area contributed by atoms with E-state index in [1.54, 1.807) is 0 Å². The fraction of sp³-hybridized carbons (Fsp3) is 0.500. The van der Waals surface area contributed by atoms with Crippen molar-refractivity contribution in [3.8, 4) is 0 Å². The number of rotatable bonds is 2. The minimum Gasteiger partial charge on any atom is -0.382 e. The number of anilines is 2. The van der Waals surface area contributed by atoms with Crippen LogP contribution in [-0.4, -0.2) is 93.9 Å². The number of aromatic amines is 1. The van der Waals surface area contributed by atoms with E-state index in [4.69, 9.17) is 50.8 Å². The van der Waals surface area contributed by atoms with E-state index in [0.29, 0.717) is 0 Å². The predicted octanol–water partition coefficient (Wildman–Crippen LogP) is 0.667. The molecule has 3 fully saturated rings. The molecule has 0 radical (unpaired) electrons. The van der Waals surface area contributed by atoms with E-state index in [-0.39, 0.29) is 34.1 Å². The number of hydrogen-bond acceptors (Lipinski definition) is 16. The lowest BCUT2D eigenvalue weighted by Gasteiger charge is -2.26. The number of nitrogen functional groups attached to an aromatic ring is 2. The van der Waals surface area contributed by atoms with Gasteiger partial charge >= 0.3 is 13.5 Å². The largest absolute Gasteiger partial charge is 0.386 e. The molecule has 4 aromatic heterocycles. The van der Waals surface area contributed by atoms with Crippen LogP contribution in [0.3, 0.4) is 0 Å². The summed E-state index contributed by atoms with van der Waals surface area (Å²) in [5.41, 5.74) is 10.9. The number of alkyl halides is 2. The monoisotopic (exact) mass is 710 g/mol. The maximum atomic E-state index is 16.0. The number of thiol groups is 1. The number of nitrogens with one attached hydrogen (secondary N) is 1. The molecule has 0 aromatic carbocycles. The summed E-state index contributed by atoms with van der Waals surface area (Å²) in [7, 11) is 0. The maximum absolute atomic E-state index is 16.0. The van der Waals surface area contributed by atoms with Crippen LogP contribution in [0, 0.1) is 0 Å².